The topological polar surface area (TPSA) is 95.9 Å². The molecule has 0 unspecified atom stereocenters. The molecule has 1 aliphatic rings. The van der Waals surface area contributed by atoms with E-state index in [1.165, 1.54) is 18.2 Å². The van der Waals surface area contributed by atoms with Crippen molar-refractivity contribution in [3.63, 3.8) is 0 Å². The number of hydrogen-bond donors (Lipinski definition) is 2. The third-order valence-corrected chi connectivity index (χ3v) is 4.50. The SMILES string of the molecule is Cc1ccc(C(=O)O)cc1S(=O)(=O)NN1CCOCC1. The van der Waals surface area contributed by atoms with Crippen molar-refractivity contribution < 1.29 is 23.1 Å². The first kappa shape index (κ1) is 14.9. The maximum absolute atomic E-state index is 12.3. The van der Waals surface area contributed by atoms with Gasteiger partial charge in [0, 0.05) is 13.1 Å². The summed E-state index contributed by atoms with van der Waals surface area (Å²) in [4.78, 5) is 13.4. The van der Waals surface area contributed by atoms with Crippen LogP contribution in [0.3, 0.4) is 0 Å². The number of nitrogens with zero attached hydrogens (tertiary/aromatic N) is 1. The zero-order chi connectivity index (χ0) is 14.8. The van der Waals surface area contributed by atoms with Gasteiger partial charge in [0.2, 0.25) is 0 Å². The number of aryl methyl sites for hydroxylation is 1. The third kappa shape index (κ3) is 3.34. The van der Waals surface area contributed by atoms with Crippen LogP contribution in [0.1, 0.15) is 15.9 Å². The Bertz CT molecular complexity index is 608. The van der Waals surface area contributed by atoms with E-state index in [0.717, 1.165) is 0 Å². The van der Waals surface area contributed by atoms with E-state index in [2.05, 4.69) is 4.83 Å². The molecule has 2 N–H and O–H groups in total. The Kier molecular flexibility index (Phi) is 4.39. The van der Waals surface area contributed by atoms with E-state index in [4.69, 9.17) is 9.84 Å². The highest BCUT2D eigenvalue weighted by Crippen LogP contribution is 2.17. The molecule has 1 saturated heterocycles. The number of rotatable bonds is 4. The minimum atomic E-state index is -3.79. The predicted octanol–water partition coefficient (Wildman–Crippen LogP) is 0.219. The molecule has 1 fully saturated rings. The summed E-state index contributed by atoms with van der Waals surface area (Å²) in [6.07, 6.45) is 0. The van der Waals surface area contributed by atoms with Gasteiger partial charge in [-0.2, -0.15) is 0 Å². The van der Waals surface area contributed by atoms with Gasteiger partial charge in [-0.1, -0.05) is 6.07 Å². The maximum atomic E-state index is 12.3. The molecule has 0 radical (unpaired) electrons. The summed E-state index contributed by atoms with van der Waals surface area (Å²) in [5, 5.41) is 10.5. The molecule has 20 heavy (non-hydrogen) atoms. The van der Waals surface area contributed by atoms with Crippen LogP contribution in [0.25, 0.3) is 0 Å². The maximum Gasteiger partial charge on any atom is 0.335 e. The Morgan fingerprint density at radius 2 is 2.00 bits per heavy atom. The minimum absolute atomic E-state index is 0.0242. The van der Waals surface area contributed by atoms with Crippen LogP contribution in [0.15, 0.2) is 23.1 Å². The molecule has 7 nitrogen and oxygen atoms in total. The van der Waals surface area contributed by atoms with Gasteiger partial charge in [0.25, 0.3) is 10.0 Å². The minimum Gasteiger partial charge on any atom is -0.478 e. The zero-order valence-electron chi connectivity index (χ0n) is 11.0. The van der Waals surface area contributed by atoms with Crippen molar-refractivity contribution in [1.82, 2.24) is 9.84 Å². The fourth-order valence-corrected chi connectivity index (χ4v) is 3.29. The zero-order valence-corrected chi connectivity index (χ0v) is 11.8. The predicted molar refractivity (Wildman–Crippen MR) is 70.9 cm³/mol. The van der Waals surface area contributed by atoms with Crippen LogP contribution in [0.4, 0.5) is 0 Å². The fraction of sp³-hybridized carbons (Fsp3) is 0.417. The van der Waals surface area contributed by atoms with E-state index >= 15 is 0 Å². The van der Waals surface area contributed by atoms with Gasteiger partial charge in [0.15, 0.2) is 0 Å². The number of carboxylic acid groups (broad SMARTS) is 1. The van der Waals surface area contributed by atoms with Gasteiger partial charge in [-0.05, 0) is 24.6 Å². The molecule has 0 aromatic heterocycles. The van der Waals surface area contributed by atoms with Gasteiger partial charge >= 0.3 is 5.97 Å². The lowest BCUT2D eigenvalue weighted by Gasteiger charge is -2.27. The molecule has 1 aromatic carbocycles. The molecule has 1 aliphatic heterocycles. The Balaban J connectivity index is 2.28. The number of ether oxygens (including phenoxy) is 1. The summed E-state index contributed by atoms with van der Waals surface area (Å²) < 4.78 is 29.8. The highest BCUT2D eigenvalue weighted by Gasteiger charge is 2.23. The number of hydrazine groups is 1. The molecule has 0 amide bonds. The van der Waals surface area contributed by atoms with Gasteiger partial charge < -0.3 is 9.84 Å². The Morgan fingerprint density at radius 1 is 1.35 bits per heavy atom. The largest absolute Gasteiger partial charge is 0.478 e. The Hall–Kier alpha value is -1.48. The van der Waals surface area contributed by atoms with Crippen LogP contribution < -0.4 is 4.83 Å². The lowest BCUT2D eigenvalue weighted by atomic mass is 10.1. The molecule has 2 rings (SSSR count). The normalized spacial score (nSPS) is 17.1. The first-order chi connectivity index (χ1) is 9.40. The van der Waals surface area contributed by atoms with Crippen molar-refractivity contribution in [3.8, 4) is 0 Å². The van der Waals surface area contributed by atoms with Crippen LogP contribution in [-0.2, 0) is 14.8 Å². The first-order valence-electron chi connectivity index (χ1n) is 6.09. The number of morpholine rings is 1. The second kappa shape index (κ2) is 5.88. The smallest absolute Gasteiger partial charge is 0.335 e. The second-order valence-electron chi connectivity index (χ2n) is 4.48. The number of nitrogens with one attached hydrogen (secondary N) is 1. The van der Waals surface area contributed by atoms with Crippen LogP contribution in [0, 0.1) is 6.92 Å². The summed E-state index contributed by atoms with van der Waals surface area (Å²) in [5.74, 6) is -1.16. The molecule has 0 bridgehead atoms. The van der Waals surface area contributed by atoms with Crippen LogP contribution in [0.2, 0.25) is 0 Å². The van der Waals surface area contributed by atoms with E-state index in [-0.39, 0.29) is 10.5 Å². The van der Waals surface area contributed by atoms with Gasteiger partial charge in [-0.25, -0.2) is 18.2 Å². The van der Waals surface area contributed by atoms with Crippen molar-refractivity contribution >= 4 is 16.0 Å². The third-order valence-electron chi connectivity index (χ3n) is 2.98. The lowest BCUT2D eigenvalue weighted by Crippen LogP contribution is -2.48. The first-order valence-corrected chi connectivity index (χ1v) is 7.57. The number of benzene rings is 1. The molecular formula is C12H16N2O5S. The second-order valence-corrected chi connectivity index (χ2v) is 6.11. The molecule has 1 heterocycles. The average molecular weight is 300 g/mol. The lowest BCUT2D eigenvalue weighted by molar-refractivity contribution is 0.0272. The van der Waals surface area contributed by atoms with E-state index in [1.54, 1.807) is 11.9 Å². The van der Waals surface area contributed by atoms with Crippen molar-refractivity contribution in [2.75, 3.05) is 26.3 Å². The van der Waals surface area contributed by atoms with Crippen LogP contribution >= 0.6 is 0 Å². The summed E-state index contributed by atoms with van der Waals surface area (Å²) in [7, 11) is -3.79. The van der Waals surface area contributed by atoms with E-state index in [0.29, 0.717) is 31.9 Å². The molecular weight excluding hydrogens is 284 g/mol. The van der Waals surface area contributed by atoms with Crippen molar-refractivity contribution in [1.29, 1.82) is 0 Å². The van der Waals surface area contributed by atoms with Gasteiger partial charge in [-0.15, -0.1) is 4.83 Å². The van der Waals surface area contributed by atoms with Crippen LogP contribution in [0.5, 0.6) is 0 Å². The highest BCUT2D eigenvalue weighted by atomic mass is 32.2. The summed E-state index contributed by atoms with van der Waals surface area (Å²) >= 11 is 0. The summed E-state index contributed by atoms with van der Waals surface area (Å²) in [6.45, 7) is 3.45. The Labute approximate surface area is 117 Å². The van der Waals surface area contributed by atoms with Crippen molar-refractivity contribution in [3.05, 3.63) is 29.3 Å². The molecule has 0 saturated carbocycles. The molecule has 1 aromatic rings. The van der Waals surface area contributed by atoms with Crippen molar-refractivity contribution in [2.24, 2.45) is 0 Å². The molecule has 110 valence electrons. The highest BCUT2D eigenvalue weighted by molar-refractivity contribution is 7.89. The number of carbonyl (C=O) groups is 1. The van der Waals surface area contributed by atoms with Crippen molar-refractivity contribution in [2.45, 2.75) is 11.8 Å². The number of sulfonamides is 1. The monoisotopic (exact) mass is 300 g/mol. The van der Waals surface area contributed by atoms with Gasteiger partial charge in [0.1, 0.15) is 0 Å². The standard InChI is InChI=1S/C12H16N2O5S/c1-9-2-3-10(12(15)16)8-11(9)20(17,18)13-14-4-6-19-7-5-14/h2-3,8,13H,4-7H2,1H3,(H,15,16). The fourth-order valence-electron chi connectivity index (χ4n) is 1.90. The molecule has 8 heteroatoms. The summed E-state index contributed by atoms with van der Waals surface area (Å²) in [6, 6.07) is 4.03. The van der Waals surface area contributed by atoms with Gasteiger partial charge in [-0.3, -0.25) is 0 Å². The van der Waals surface area contributed by atoms with E-state index in [9.17, 15) is 13.2 Å². The number of aromatic carboxylic acids is 1. The molecule has 0 atom stereocenters. The van der Waals surface area contributed by atoms with E-state index < -0.39 is 16.0 Å². The van der Waals surface area contributed by atoms with Gasteiger partial charge in [0.05, 0.1) is 23.7 Å². The molecule has 0 aliphatic carbocycles. The quantitative estimate of drug-likeness (QED) is 0.826. The Morgan fingerprint density at radius 3 is 2.60 bits per heavy atom. The average Bonchev–Trinajstić information content (AvgIpc) is 2.39. The van der Waals surface area contributed by atoms with E-state index in [1.807, 2.05) is 0 Å². The number of carboxylic acids is 1. The summed E-state index contributed by atoms with van der Waals surface area (Å²) in [5.41, 5.74) is 0.439. The molecule has 0 spiro atoms. The number of hydrogen-bond acceptors (Lipinski definition) is 5. The van der Waals surface area contributed by atoms with Crippen LogP contribution in [-0.4, -0.2) is 50.8 Å².